The van der Waals surface area contributed by atoms with E-state index in [0.29, 0.717) is 6.54 Å². The molecule has 2 N–H and O–H groups in total. The van der Waals surface area contributed by atoms with Gasteiger partial charge in [-0.05, 0) is 26.0 Å². The van der Waals surface area contributed by atoms with E-state index in [0.717, 1.165) is 6.07 Å². The van der Waals surface area contributed by atoms with Crippen LogP contribution in [0.2, 0.25) is 0 Å². The topological polar surface area (TPSA) is 67.4 Å². The maximum absolute atomic E-state index is 12.9. The molecule has 0 aromatic heterocycles. The van der Waals surface area contributed by atoms with Gasteiger partial charge in [0.15, 0.2) is 6.10 Å². The number of nitrogens with one attached hydrogen (secondary N) is 2. The average Bonchev–Trinajstić information content (AvgIpc) is 2.29. The lowest BCUT2D eigenvalue weighted by atomic mass is 10.3. The van der Waals surface area contributed by atoms with E-state index in [-0.39, 0.29) is 5.75 Å². The zero-order chi connectivity index (χ0) is 13.5. The van der Waals surface area contributed by atoms with Gasteiger partial charge in [-0.2, -0.15) is 0 Å². The van der Waals surface area contributed by atoms with Crippen molar-refractivity contribution in [3.05, 3.63) is 30.1 Å². The van der Waals surface area contributed by atoms with Crippen LogP contribution in [-0.4, -0.2) is 24.6 Å². The molecule has 0 radical (unpaired) electrons. The first-order valence-electron chi connectivity index (χ1n) is 5.54. The van der Waals surface area contributed by atoms with Crippen molar-refractivity contribution in [1.82, 2.24) is 10.6 Å². The van der Waals surface area contributed by atoms with Crippen molar-refractivity contribution >= 4 is 11.9 Å². The van der Waals surface area contributed by atoms with Crippen LogP contribution in [0.15, 0.2) is 24.3 Å². The van der Waals surface area contributed by atoms with Crippen molar-refractivity contribution in [2.24, 2.45) is 0 Å². The predicted molar refractivity (Wildman–Crippen MR) is 63.7 cm³/mol. The van der Waals surface area contributed by atoms with Gasteiger partial charge in [-0.1, -0.05) is 6.07 Å². The number of rotatable bonds is 4. The molecule has 1 atom stereocenters. The maximum Gasteiger partial charge on any atom is 0.321 e. The highest BCUT2D eigenvalue weighted by Crippen LogP contribution is 2.13. The highest BCUT2D eigenvalue weighted by Gasteiger charge is 2.17. The summed E-state index contributed by atoms with van der Waals surface area (Å²) in [5, 5.41) is 4.53. The number of benzene rings is 1. The third-order valence-corrected chi connectivity index (χ3v) is 2.05. The second-order valence-electron chi connectivity index (χ2n) is 3.57. The van der Waals surface area contributed by atoms with E-state index in [1.807, 2.05) is 0 Å². The number of urea groups is 1. The Kier molecular flexibility index (Phi) is 5.10. The molecular formula is C12H15FN2O3. The first-order chi connectivity index (χ1) is 8.52. The molecule has 0 aliphatic rings. The lowest BCUT2D eigenvalue weighted by molar-refractivity contribution is -0.126. The number of amides is 3. The standard InChI is InChI=1S/C12H15FN2O3/c1-3-14-12(17)15-11(16)8(2)18-10-6-4-5-9(13)7-10/h4-8H,3H2,1-2H3,(H2,14,15,16,17)/t8-/m1/s1. The zero-order valence-electron chi connectivity index (χ0n) is 10.2. The van der Waals surface area contributed by atoms with Gasteiger partial charge in [-0.15, -0.1) is 0 Å². The molecule has 6 heteroatoms. The summed E-state index contributed by atoms with van der Waals surface area (Å²) in [4.78, 5) is 22.6. The average molecular weight is 254 g/mol. The van der Waals surface area contributed by atoms with E-state index in [2.05, 4.69) is 10.6 Å². The summed E-state index contributed by atoms with van der Waals surface area (Å²) in [5.74, 6) is -0.817. The molecule has 98 valence electrons. The minimum absolute atomic E-state index is 0.230. The fraction of sp³-hybridized carbons (Fsp3) is 0.333. The third kappa shape index (κ3) is 4.40. The van der Waals surface area contributed by atoms with Gasteiger partial charge in [0.2, 0.25) is 0 Å². The minimum Gasteiger partial charge on any atom is -0.481 e. The van der Waals surface area contributed by atoms with Gasteiger partial charge in [-0.3, -0.25) is 10.1 Å². The van der Waals surface area contributed by atoms with E-state index in [9.17, 15) is 14.0 Å². The number of imide groups is 1. The second kappa shape index (κ2) is 6.58. The molecule has 0 saturated heterocycles. The third-order valence-electron chi connectivity index (χ3n) is 2.05. The van der Waals surface area contributed by atoms with E-state index in [4.69, 9.17) is 4.74 Å². The first kappa shape index (κ1) is 14.0. The molecular weight excluding hydrogens is 239 g/mol. The fourth-order valence-electron chi connectivity index (χ4n) is 1.22. The molecule has 18 heavy (non-hydrogen) atoms. The Bertz CT molecular complexity index is 437. The zero-order valence-corrected chi connectivity index (χ0v) is 10.2. The number of hydrogen-bond donors (Lipinski definition) is 2. The number of carbonyl (C=O) groups is 2. The molecule has 5 nitrogen and oxygen atoms in total. The Hall–Kier alpha value is -2.11. The van der Waals surface area contributed by atoms with Gasteiger partial charge in [0.1, 0.15) is 11.6 Å². The van der Waals surface area contributed by atoms with Crippen molar-refractivity contribution < 1.29 is 18.7 Å². The Morgan fingerprint density at radius 2 is 2.17 bits per heavy atom. The van der Waals surface area contributed by atoms with E-state index < -0.39 is 23.9 Å². The Labute approximate surface area is 104 Å². The van der Waals surface area contributed by atoms with Crippen LogP contribution in [0.4, 0.5) is 9.18 Å². The van der Waals surface area contributed by atoms with Crippen LogP contribution in [0.25, 0.3) is 0 Å². The summed E-state index contributed by atoms with van der Waals surface area (Å²) in [7, 11) is 0. The minimum atomic E-state index is -0.894. The molecule has 1 aromatic carbocycles. The van der Waals surface area contributed by atoms with Crippen LogP contribution in [0.1, 0.15) is 13.8 Å². The SMILES string of the molecule is CCNC(=O)NC(=O)[C@@H](C)Oc1cccc(F)c1. The molecule has 3 amide bonds. The van der Waals surface area contributed by atoms with Crippen molar-refractivity contribution in [1.29, 1.82) is 0 Å². The second-order valence-corrected chi connectivity index (χ2v) is 3.57. The summed E-state index contributed by atoms with van der Waals surface area (Å²) >= 11 is 0. The molecule has 0 spiro atoms. The molecule has 0 fully saturated rings. The predicted octanol–water partition coefficient (Wildman–Crippen LogP) is 1.44. The van der Waals surface area contributed by atoms with Gasteiger partial charge < -0.3 is 10.1 Å². The smallest absolute Gasteiger partial charge is 0.321 e. The van der Waals surface area contributed by atoms with Gasteiger partial charge in [0.05, 0.1) is 0 Å². The summed E-state index contributed by atoms with van der Waals surface area (Å²) in [6.07, 6.45) is -0.894. The Morgan fingerprint density at radius 3 is 2.78 bits per heavy atom. The Morgan fingerprint density at radius 1 is 1.44 bits per heavy atom. The number of hydrogen-bond acceptors (Lipinski definition) is 3. The van der Waals surface area contributed by atoms with Crippen molar-refractivity contribution in [2.75, 3.05) is 6.54 Å². The summed E-state index contributed by atoms with van der Waals surface area (Å²) < 4.78 is 18.1. The fourth-order valence-corrected chi connectivity index (χ4v) is 1.22. The van der Waals surface area contributed by atoms with E-state index in [1.54, 1.807) is 6.92 Å². The number of halogens is 1. The normalized spacial score (nSPS) is 11.5. The molecule has 0 saturated carbocycles. The largest absolute Gasteiger partial charge is 0.481 e. The van der Waals surface area contributed by atoms with Gasteiger partial charge in [-0.25, -0.2) is 9.18 Å². The van der Waals surface area contributed by atoms with E-state index >= 15 is 0 Å². The summed E-state index contributed by atoms with van der Waals surface area (Å²) in [6, 6.07) is 4.84. The Balaban J connectivity index is 2.52. The quantitative estimate of drug-likeness (QED) is 0.854. The highest BCUT2D eigenvalue weighted by atomic mass is 19.1. The lowest BCUT2D eigenvalue weighted by Crippen LogP contribution is -2.45. The van der Waals surface area contributed by atoms with Crippen LogP contribution in [0, 0.1) is 5.82 Å². The van der Waals surface area contributed by atoms with Gasteiger partial charge in [0, 0.05) is 12.6 Å². The molecule has 0 aliphatic carbocycles. The molecule has 0 heterocycles. The molecule has 1 aromatic rings. The first-order valence-corrected chi connectivity index (χ1v) is 5.54. The molecule has 0 bridgehead atoms. The summed E-state index contributed by atoms with van der Waals surface area (Å²) in [5.41, 5.74) is 0. The molecule has 1 rings (SSSR count). The van der Waals surface area contributed by atoms with Crippen LogP contribution in [0.3, 0.4) is 0 Å². The van der Waals surface area contributed by atoms with Crippen LogP contribution >= 0.6 is 0 Å². The highest BCUT2D eigenvalue weighted by molar-refractivity contribution is 5.96. The van der Waals surface area contributed by atoms with Crippen molar-refractivity contribution in [3.8, 4) is 5.75 Å². The van der Waals surface area contributed by atoms with Crippen molar-refractivity contribution in [3.63, 3.8) is 0 Å². The van der Waals surface area contributed by atoms with Gasteiger partial charge in [0.25, 0.3) is 5.91 Å². The number of carbonyl (C=O) groups excluding carboxylic acids is 2. The summed E-state index contributed by atoms with van der Waals surface area (Å²) in [6.45, 7) is 3.62. The van der Waals surface area contributed by atoms with Gasteiger partial charge >= 0.3 is 6.03 Å². The van der Waals surface area contributed by atoms with Crippen molar-refractivity contribution in [2.45, 2.75) is 20.0 Å². The lowest BCUT2D eigenvalue weighted by Gasteiger charge is -2.14. The maximum atomic E-state index is 12.9. The monoisotopic (exact) mass is 254 g/mol. The van der Waals surface area contributed by atoms with Crippen LogP contribution < -0.4 is 15.4 Å². The van der Waals surface area contributed by atoms with Crippen LogP contribution in [-0.2, 0) is 4.79 Å². The van der Waals surface area contributed by atoms with E-state index in [1.165, 1.54) is 25.1 Å². The number of ether oxygens (including phenoxy) is 1. The van der Waals surface area contributed by atoms with Crippen LogP contribution in [0.5, 0.6) is 5.75 Å². The molecule has 0 unspecified atom stereocenters. The molecule has 0 aliphatic heterocycles.